The Balaban J connectivity index is 1.73. The zero-order valence-electron chi connectivity index (χ0n) is 15.7. The Morgan fingerprint density at radius 3 is 2.66 bits per heavy atom. The fourth-order valence-electron chi connectivity index (χ4n) is 3.38. The van der Waals surface area contributed by atoms with Gasteiger partial charge in [-0.25, -0.2) is 4.68 Å². The van der Waals surface area contributed by atoms with Crippen LogP contribution in [0.3, 0.4) is 0 Å². The molecule has 0 fully saturated rings. The third-order valence-electron chi connectivity index (χ3n) is 4.67. The number of anilines is 2. The fraction of sp³-hybridized carbons (Fsp3) is 0.190. The summed E-state index contributed by atoms with van der Waals surface area (Å²) in [6.07, 6.45) is -0.00520. The lowest BCUT2D eigenvalue weighted by atomic mass is 10.0. The molecule has 7 nitrogen and oxygen atoms in total. The van der Waals surface area contributed by atoms with Crippen LogP contribution in [0.4, 0.5) is 11.5 Å². The molecule has 148 valence electrons. The molecule has 1 aromatic heterocycles. The van der Waals surface area contributed by atoms with Crippen LogP contribution in [0.2, 0.25) is 5.02 Å². The van der Waals surface area contributed by atoms with Gasteiger partial charge in [-0.2, -0.15) is 5.10 Å². The summed E-state index contributed by atoms with van der Waals surface area (Å²) >= 11 is 5.90. The summed E-state index contributed by atoms with van der Waals surface area (Å²) in [5.41, 5.74) is 2.89. The minimum absolute atomic E-state index is 0.00520. The Morgan fingerprint density at radius 2 is 1.97 bits per heavy atom. The van der Waals surface area contributed by atoms with E-state index in [9.17, 15) is 9.59 Å². The van der Waals surface area contributed by atoms with Gasteiger partial charge in [0.05, 0.1) is 18.7 Å². The molecule has 4 rings (SSSR count). The number of fused-ring (bicyclic) bond motifs is 1. The van der Waals surface area contributed by atoms with E-state index in [0.29, 0.717) is 22.2 Å². The van der Waals surface area contributed by atoms with Crippen LogP contribution in [-0.4, -0.2) is 28.7 Å². The first-order chi connectivity index (χ1) is 14.1. The Hall–Kier alpha value is -3.16. The molecule has 0 saturated heterocycles. The second-order valence-corrected chi connectivity index (χ2v) is 7.11. The van der Waals surface area contributed by atoms with E-state index >= 15 is 0 Å². The minimum Gasteiger partial charge on any atom is -0.378 e. The second-order valence-electron chi connectivity index (χ2n) is 6.68. The van der Waals surface area contributed by atoms with Crippen molar-refractivity contribution in [2.75, 3.05) is 17.7 Å². The van der Waals surface area contributed by atoms with Gasteiger partial charge in [-0.15, -0.1) is 0 Å². The van der Waals surface area contributed by atoms with Crippen molar-refractivity contribution < 1.29 is 14.3 Å². The lowest BCUT2D eigenvalue weighted by Gasteiger charge is -2.24. The van der Waals surface area contributed by atoms with E-state index in [1.807, 2.05) is 30.3 Å². The third-order valence-corrected chi connectivity index (χ3v) is 4.92. The van der Waals surface area contributed by atoms with Crippen LogP contribution in [0.1, 0.15) is 18.2 Å². The average Bonchev–Trinajstić information content (AvgIpc) is 3.07. The summed E-state index contributed by atoms with van der Waals surface area (Å²) in [4.78, 5) is 25.4. The molecule has 0 aliphatic carbocycles. The van der Waals surface area contributed by atoms with E-state index in [-0.39, 0.29) is 24.8 Å². The van der Waals surface area contributed by atoms with Gasteiger partial charge in [0.2, 0.25) is 11.8 Å². The number of amides is 2. The van der Waals surface area contributed by atoms with E-state index in [1.54, 1.807) is 36.1 Å². The van der Waals surface area contributed by atoms with Gasteiger partial charge in [-0.05, 0) is 29.8 Å². The number of carbonyl (C=O) groups is 2. The summed E-state index contributed by atoms with van der Waals surface area (Å²) < 4.78 is 6.87. The maximum Gasteiger partial charge on any atom is 0.249 e. The highest BCUT2D eigenvalue weighted by atomic mass is 35.5. The quantitative estimate of drug-likeness (QED) is 0.668. The first-order valence-electron chi connectivity index (χ1n) is 9.09. The zero-order chi connectivity index (χ0) is 20.4. The van der Waals surface area contributed by atoms with Crippen molar-refractivity contribution in [3.05, 3.63) is 65.3 Å². The number of rotatable bonds is 5. The first-order valence-corrected chi connectivity index (χ1v) is 9.46. The lowest BCUT2D eigenvalue weighted by molar-refractivity contribution is -0.125. The molecule has 2 heterocycles. The number of halogens is 1. The van der Waals surface area contributed by atoms with E-state index in [2.05, 4.69) is 15.7 Å². The molecule has 1 unspecified atom stereocenters. The maximum atomic E-state index is 13.0. The molecule has 29 heavy (non-hydrogen) atoms. The second kappa shape index (κ2) is 8.06. The Kier molecular flexibility index (Phi) is 5.33. The van der Waals surface area contributed by atoms with Crippen molar-refractivity contribution in [3.8, 4) is 11.1 Å². The Labute approximate surface area is 172 Å². The standard InChI is InChI=1S/C21H19ClN4O3/c1-29-12-16-19(13-5-3-2-4-6-13)20-24-18(27)11-17(26(20)25-16)21(28)23-15-9-7-14(22)8-10-15/h2-10,17H,11-12H2,1H3,(H,23,28)(H,24,27). The summed E-state index contributed by atoms with van der Waals surface area (Å²) in [7, 11) is 1.58. The highest BCUT2D eigenvalue weighted by Crippen LogP contribution is 2.37. The minimum atomic E-state index is -0.775. The summed E-state index contributed by atoms with van der Waals surface area (Å²) in [5, 5.41) is 10.9. The average molecular weight is 411 g/mol. The van der Waals surface area contributed by atoms with Gasteiger partial charge in [0.15, 0.2) is 0 Å². The van der Waals surface area contributed by atoms with Crippen LogP contribution in [0.25, 0.3) is 11.1 Å². The molecule has 1 aliphatic heterocycles. The van der Waals surface area contributed by atoms with Crippen LogP contribution in [0.5, 0.6) is 0 Å². The number of nitrogens with one attached hydrogen (secondary N) is 2. The largest absolute Gasteiger partial charge is 0.378 e. The van der Waals surface area contributed by atoms with Crippen LogP contribution in [0, 0.1) is 0 Å². The predicted octanol–water partition coefficient (Wildman–Crippen LogP) is 3.87. The monoisotopic (exact) mass is 410 g/mol. The summed E-state index contributed by atoms with van der Waals surface area (Å²) in [5.74, 6) is -0.0694. The molecular weight excluding hydrogens is 392 g/mol. The van der Waals surface area contributed by atoms with Crippen molar-refractivity contribution in [2.24, 2.45) is 0 Å². The normalized spacial score (nSPS) is 15.5. The lowest BCUT2D eigenvalue weighted by Crippen LogP contribution is -2.35. The molecular formula is C21H19ClN4O3. The van der Waals surface area contributed by atoms with Gasteiger partial charge in [-0.1, -0.05) is 41.9 Å². The number of methoxy groups -OCH3 is 1. The first kappa shape index (κ1) is 19.2. The molecule has 0 radical (unpaired) electrons. The van der Waals surface area contributed by atoms with Crippen molar-refractivity contribution >= 4 is 34.9 Å². The fourth-order valence-corrected chi connectivity index (χ4v) is 3.51. The van der Waals surface area contributed by atoms with E-state index in [4.69, 9.17) is 16.3 Å². The van der Waals surface area contributed by atoms with Crippen molar-refractivity contribution in [1.29, 1.82) is 0 Å². The predicted molar refractivity (Wildman–Crippen MR) is 111 cm³/mol. The summed E-state index contributed by atoms with van der Waals surface area (Å²) in [6.45, 7) is 0.256. The van der Waals surface area contributed by atoms with E-state index < -0.39 is 6.04 Å². The molecule has 2 N–H and O–H groups in total. The smallest absolute Gasteiger partial charge is 0.249 e. The van der Waals surface area contributed by atoms with Crippen molar-refractivity contribution in [1.82, 2.24) is 9.78 Å². The molecule has 2 aromatic carbocycles. The molecule has 0 spiro atoms. The molecule has 0 bridgehead atoms. The maximum absolute atomic E-state index is 13.0. The summed E-state index contributed by atoms with van der Waals surface area (Å²) in [6, 6.07) is 15.6. The molecule has 0 saturated carbocycles. The van der Waals surface area contributed by atoms with Gasteiger partial charge in [0, 0.05) is 23.4 Å². The highest BCUT2D eigenvalue weighted by Gasteiger charge is 2.35. The SMILES string of the molecule is COCc1nn2c(c1-c1ccccc1)NC(=O)CC2C(=O)Nc1ccc(Cl)cc1. The van der Waals surface area contributed by atoms with Gasteiger partial charge in [-0.3, -0.25) is 9.59 Å². The van der Waals surface area contributed by atoms with Gasteiger partial charge >= 0.3 is 0 Å². The number of hydrogen-bond donors (Lipinski definition) is 2. The number of hydrogen-bond acceptors (Lipinski definition) is 4. The van der Waals surface area contributed by atoms with Crippen LogP contribution in [-0.2, 0) is 20.9 Å². The van der Waals surface area contributed by atoms with Gasteiger partial charge < -0.3 is 15.4 Å². The zero-order valence-corrected chi connectivity index (χ0v) is 16.4. The molecule has 8 heteroatoms. The van der Waals surface area contributed by atoms with Crippen LogP contribution < -0.4 is 10.6 Å². The van der Waals surface area contributed by atoms with E-state index in [1.165, 1.54) is 0 Å². The van der Waals surface area contributed by atoms with Crippen molar-refractivity contribution in [3.63, 3.8) is 0 Å². The topological polar surface area (TPSA) is 85.2 Å². The number of ether oxygens (including phenoxy) is 1. The van der Waals surface area contributed by atoms with Gasteiger partial charge in [0.25, 0.3) is 0 Å². The van der Waals surface area contributed by atoms with Gasteiger partial charge in [0.1, 0.15) is 11.9 Å². The molecule has 3 aromatic rings. The van der Waals surface area contributed by atoms with Crippen molar-refractivity contribution in [2.45, 2.75) is 19.1 Å². The van der Waals surface area contributed by atoms with E-state index in [0.717, 1.165) is 11.1 Å². The molecule has 1 aliphatic rings. The number of aromatic nitrogens is 2. The number of benzene rings is 2. The Bertz CT molecular complexity index is 1050. The molecule has 2 amide bonds. The highest BCUT2D eigenvalue weighted by molar-refractivity contribution is 6.30. The van der Waals surface area contributed by atoms with Crippen LogP contribution in [0.15, 0.2) is 54.6 Å². The third kappa shape index (κ3) is 3.87. The molecule has 1 atom stereocenters. The Morgan fingerprint density at radius 1 is 1.24 bits per heavy atom. The van der Waals surface area contributed by atoms with Crippen LogP contribution >= 0.6 is 11.6 Å². The number of nitrogens with zero attached hydrogens (tertiary/aromatic N) is 2. The number of carbonyl (C=O) groups excluding carboxylic acids is 2.